The molecule has 0 aliphatic carbocycles. The summed E-state index contributed by atoms with van der Waals surface area (Å²) in [5.74, 6) is 1.41. The molecule has 0 aromatic carbocycles. The molecule has 1 amide bonds. The van der Waals surface area contributed by atoms with E-state index in [9.17, 15) is 4.79 Å². The van der Waals surface area contributed by atoms with Crippen LogP contribution >= 0.6 is 0 Å². The number of methoxy groups -OCH3 is 1. The molecule has 2 heterocycles. The van der Waals surface area contributed by atoms with Gasteiger partial charge in [0, 0.05) is 26.7 Å². The Morgan fingerprint density at radius 3 is 2.84 bits per heavy atom. The molecule has 0 radical (unpaired) electrons. The molecule has 2 aliphatic rings. The summed E-state index contributed by atoms with van der Waals surface area (Å²) in [5, 5.41) is 0. The number of ether oxygens (including phenoxy) is 2. The smallest absolute Gasteiger partial charge is 0.223 e. The van der Waals surface area contributed by atoms with Crippen molar-refractivity contribution in [3.8, 4) is 0 Å². The summed E-state index contributed by atoms with van der Waals surface area (Å²) in [6.07, 6.45) is 3.98. The van der Waals surface area contributed by atoms with E-state index in [0.717, 1.165) is 45.6 Å². The molecule has 2 rings (SSSR count). The van der Waals surface area contributed by atoms with E-state index in [1.807, 2.05) is 4.90 Å². The number of rotatable bonds is 5. The first-order valence-electron chi connectivity index (χ1n) is 7.45. The fourth-order valence-electron chi connectivity index (χ4n) is 3.18. The highest BCUT2D eigenvalue weighted by Gasteiger charge is 2.48. The van der Waals surface area contributed by atoms with Crippen LogP contribution in [0.2, 0.25) is 0 Å². The lowest BCUT2D eigenvalue weighted by molar-refractivity contribution is -0.189. The second-order valence-corrected chi connectivity index (χ2v) is 6.52. The average molecular weight is 269 g/mol. The molecule has 110 valence electrons. The first-order valence-corrected chi connectivity index (χ1v) is 7.45. The van der Waals surface area contributed by atoms with Gasteiger partial charge < -0.3 is 14.4 Å². The van der Waals surface area contributed by atoms with E-state index < -0.39 is 0 Å². The Morgan fingerprint density at radius 1 is 1.47 bits per heavy atom. The summed E-state index contributed by atoms with van der Waals surface area (Å²) in [5.41, 5.74) is -0.0384. The van der Waals surface area contributed by atoms with E-state index in [4.69, 9.17) is 9.47 Å². The minimum absolute atomic E-state index is 0.0384. The van der Waals surface area contributed by atoms with Crippen molar-refractivity contribution in [1.29, 1.82) is 0 Å². The van der Waals surface area contributed by atoms with Crippen molar-refractivity contribution in [2.75, 3.05) is 33.4 Å². The fourth-order valence-corrected chi connectivity index (χ4v) is 3.18. The van der Waals surface area contributed by atoms with Gasteiger partial charge in [-0.25, -0.2) is 0 Å². The molecule has 4 heteroatoms. The molecular weight excluding hydrogens is 242 g/mol. The largest absolute Gasteiger partial charge is 0.385 e. The highest BCUT2D eigenvalue weighted by atomic mass is 16.5. The second-order valence-electron chi connectivity index (χ2n) is 6.52. The highest BCUT2D eigenvalue weighted by molar-refractivity contribution is 5.77. The maximum Gasteiger partial charge on any atom is 0.223 e. The van der Waals surface area contributed by atoms with Gasteiger partial charge in [0.15, 0.2) is 0 Å². The predicted molar refractivity (Wildman–Crippen MR) is 73.9 cm³/mol. The van der Waals surface area contributed by atoms with Crippen LogP contribution in [0.25, 0.3) is 0 Å². The zero-order chi connectivity index (χ0) is 13.9. The summed E-state index contributed by atoms with van der Waals surface area (Å²) in [6, 6.07) is 0. The van der Waals surface area contributed by atoms with E-state index in [1.54, 1.807) is 7.11 Å². The summed E-state index contributed by atoms with van der Waals surface area (Å²) < 4.78 is 11.1. The Kier molecular flexibility index (Phi) is 4.85. The van der Waals surface area contributed by atoms with Gasteiger partial charge in [-0.2, -0.15) is 0 Å². The maximum atomic E-state index is 12.0. The van der Waals surface area contributed by atoms with Crippen LogP contribution in [0, 0.1) is 11.8 Å². The molecule has 19 heavy (non-hydrogen) atoms. The van der Waals surface area contributed by atoms with Gasteiger partial charge in [0.2, 0.25) is 5.91 Å². The molecule has 2 saturated heterocycles. The first kappa shape index (κ1) is 14.8. The zero-order valence-corrected chi connectivity index (χ0v) is 12.5. The van der Waals surface area contributed by atoms with Crippen molar-refractivity contribution >= 4 is 5.91 Å². The molecule has 1 atom stereocenters. The molecule has 0 saturated carbocycles. The summed E-state index contributed by atoms with van der Waals surface area (Å²) >= 11 is 0. The highest BCUT2D eigenvalue weighted by Crippen LogP contribution is 2.38. The third-order valence-electron chi connectivity index (χ3n) is 4.22. The molecule has 0 aromatic rings. The second kappa shape index (κ2) is 6.23. The van der Waals surface area contributed by atoms with Crippen LogP contribution in [-0.4, -0.2) is 49.8 Å². The summed E-state index contributed by atoms with van der Waals surface area (Å²) in [4.78, 5) is 13.9. The van der Waals surface area contributed by atoms with Crippen molar-refractivity contribution in [3.63, 3.8) is 0 Å². The first-order chi connectivity index (χ1) is 9.04. The molecule has 2 fully saturated rings. The van der Waals surface area contributed by atoms with Crippen molar-refractivity contribution in [1.82, 2.24) is 4.90 Å². The summed E-state index contributed by atoms with van der Waals surface area (Å²) in [6.45, 7) is 7.43. The average Bonchev–Trinajstić information content (AvgIpc) is 2.32. The number of carbonyl (C=O) groups is 1. The SMILES string of the molecule is COCCC1CCOC2(C1)CN(C(=O)CC(C)C)C2. The third kappa shape index (κ3) is 3.69. The van der Waals surface area contributed by atoms with E-state index in [-0.39, 0.29) is 11.5 Å². The van der Waals surface area contributed by atoms with Crippen molar-refractivity contribution < 1.29 is 14.3 Å². The molecule has 0 bridgehead atoms. The van der Waals surface area contributed by atoms with Crippen LogP contribution in [0.15, 0.2) is 0 Å². The molecule has 1 spiro atoms. The van der Waals surface area contributed by atoms with E-state index in [1.165, 1.54) is 0 Å². The lowest BCUT2D eigenvalue weighted by Gasteiger charge is -2.53. The molecule has 1 unspecified atom stereocenters. The Balaban J connectivity index is 1.78. The molecule has 4 nitrogen and oxygen atoms in total. The molecular formula is C15H27NO3. The van der Waals surface area contributed by atoms with Crippen LogP contribution in [0.1, 0.15) is 39.5 Å². The predicted octanol–water partition coefficient (Wildman–Crippen LogP) is 2.08. The van der Waals surface area contributed by atoms with E-state index in [2.05, 4.69) is 13.8 Å². The van der Waals surface area contributed by atoms with E-state index in [0.29, 0.717) is 18.3 Å². The summed E-state index contributed by atoms with van der Waals surface area (Å²) in [7, 11) is 1.75. The molecule has 0 N–H and O–H groups in total. The van der Waals surface area contributed by atoms with Crippen LogP contribution in [-0.2, 0) is 14.3 Å². The molecule has 0 aromatic heterocycles. The third-order valence-corrected chi connectivity index (χ3v) is 4.22. The number of likely N-dealkylation sites (tertiary alicyclic amines) is 1. The standard InChI is InChI=1S/C15H27NO3/c1-12(2)8-14(17)16-10-15(11-16)9-13(4-6-18-3)5-7-19-15/h12-13H,4-11H2,1-3H3. The van der Waals surface area contributed by atoms with E-state index >= 15 is 0 Å². The number of carbonyl (C=O) groups excluding carboxylic acids is 1. The van der Waals surface area contributed by atoms with Crippen LogP contribution in [0.4, 0.5) is 0 Å². The van der Waals surface area contributed by atoms with Gasteiger partial charge in [-0.1, -0.05) is 13.8 Å². The Bertz CT molecular complexity index is 311. The van der Waals surface area contributed by atoms with Crippen LogP contribution in [0.3, 0.4) is 0 Å². The van der Waals surface area contributed by atoms with Gasteiger partial charge in [-0.3, -0.25) is 4.79 Å². The van der Waals surface area contributed by atoms with Gasteiger partial charge >= 0.3 is 0 Å². The Hall–Kier alpha value is -0.610. The quantitative estimate of drug-likeness (QED) is 0.767. The van der Waals surface area contributed by atoms with Gasteiger partial charge in [-0.15, -0.1) is 0 Å². The topological polar surface area (TPSA) is 38.8 Å². The van der Waals surface area contributed by atoms with Crippen molar-refractivity contribution in [2.24, 2.45) is 11.8 Å². The van der Waals surface area contributed by atoms with Gasteiger partial charge in [0.05, 0.1) is 13.1 Å². The number of hydrogen-bond donors (Lipinski definition) is 0. The maximum absolute atomic E-state index is 12.0. The minimum atomic E-state index is -0.0384. The fraction of sp³-hybridized carbons (Fsp3) is 0.933. The van der Waals surface area contributed by atoms with Gasteiger partial charge in [0.25, 0.3) is 0 Å². The molecule has 2 aliphatic heterocycles. The lowest BCUT2D eigenvalue weighted by atomic mass is 9.79. The minimum Gasteiger partial charge on any atom is -0.385 e. The van der Waals surface area contributed by atoms with Gasteiger partial charge in [-0.05, 0) is 31.1 Å². The normalized spacial score (nSPS) is 25.7. The lowest BCUT2D eigenvalue weighted by Crippen LogP contribution is -2.66. The van der Waals surface area contributed by atoms with Crippen LogP contribution in [0.5, 0.6) is 0 Å². The Morgan fingerprint density at radius 2 is 2.21 bits per heavy atom. The Labute approximate surface area is 116 Å². The van der Waals surface area contributed by atoms with Gasteiger partial charge in [0.1, 0.15) is 5.60 Å². The number of nitrogens with zero attached hydrogens (tertiary/aromatic N) is 1. The van der Waals surface area contributed by atoms with Crippen molar-refractivity contribution in [2.45, 2.75) is 45.1 Å². The zero-order valence-electron chi connectivity index (χ0n) is 12.5. The van der Waals surface area contributed by atoms with Crippen molar-refractivity contribution in [3.05, 3.63) is 0 Å². The van der Waals surface area contributed by atoms with Crippen LogP contribution < -0.4 is 0 Å². The monoisotopic (exact) mass is 269 g/mol. The number of amides is 1. The number of hydrogen-bond acceptors (Lipinski definition) is 3.